The highest BCUT2D eigenvalue weighted by molar-refractivity contribution is 7.99. The third-order valence-electron chi connectivity index (χ3n) is 7.65. The van der Waals surface area contributed by atoms with Crippen LogP contribution in [0.25, 0.3) is 5.69 Å². The minimum Gasteiger partial charge on any atom is -0.339 e. The molecule has 1 aliphatic rings. The maximum absolute atomic E-state index is 13.2. The minimum atomic E-state index is -0.775. The van der Waals surface area contributed by atoms with E-state index in [0.717, 1.165) is 35.3 Å². The molecule has 2 amide bonds. The van der Waals surface area contributed by atoms with Crippen LogP contribution in [-0.4, -0.2) is 77.7 Å². The summed E-state index contributed by atoms with van der Waals surface area (Å²) in [7, 11) is 0. The summed E-state index contributed by atoms with van der Waals surface area (Å²) in [5.74, 6) is 0.696. The Kier molecular flexibility index (Phi) is 10.7. The lowest BCUT2D eigenvalue weighted by Crippen LogP contribution is -2.55. The van der Waals surface area contributed by atoms with Crippen LogP contribution in [0.15, 0.2) is 71.9 Å². The molecule has 1 atom stereocenters. The molecule has 1 saturated heterocycles. The molecule has 16 heteroatoms. The Morgan fingerprint density at radius 3 is 2.28 bits per heavy atom. The molecule has 1 fully saturated rings. The number of thioether (sulfide) groups is 1. The van der Waals surface area contributed by atoms with Gasteiger partial charge >= 0.3 is 0 Å². The molecule has 1 unspecified atom stereocenters. The normalized spacial score (nSPS) is 14.7. The van der Waals surface area contributed by atoms with Crippen LogP contribution in [0.4, 0.5) is 11.4 Å². The number of hydrogen-bond donors (Lipinski definition) is 0. The number of halogens is 2. The molecule has 0 saturated carbocycles. The lowest BCUT2D eigenvalue weighted by atomic mass is 10.1. The number of hydrogen-bond acceptors (Lipinski definition) is 9. The summed E-state index contributed by atoms with van der Waals surface area (Å²) in [5, 5.41) is 32.9. The van der Waals surface area contributed by atoms with Crippen LogP contribution in [0.3, 0.4) is 0 Å². The fraction of sp³-hybridized carbons (Fsp3) is 0.290. The molecule has 13 nitrogen and oxygen atoms in total. The number of nitro groups is 2. The first-order valence-electron chi connectivity index (χ1n) is 14.6. The number of nitro benzene ring substituents is 2. The first-order valence-corrected chi connectivity index (χ1v) is 16.3. The Balaban J connectivity index is 1.19. The number of aromatic nitrogens is 3. The van der Waals surface area contributed by atoms with E-state index < -0.39 is 33.2 Å². The van der Waals surface area contributed by atoms with Crippen molar-refractivity contribution < 1.29 is 19.4 Å². The van der Waals surface area contributed by atoms with Crippen LogP contribution in [0.5, 0.6) is 0 Å². The van der Waals surface area contributed by atoms with Gasteiger partial charge in [-0.2, -0.15) is 0 Å². The zero-order valence-electron chi connectivity index (χ0n) is 25.1. The molecule has 1 aliphatic heterocycles. The molecule has 0 bridgehead atoms. The predicted octanol–water partition coefficient (Wildman–Crippen LogP) is 6.23. The fourth-order valence-electron chi connectivity index (χ4n) is 5.30. The van der Waals surface area contributed by atoms with Crippen LogP contribution < -0.4 is 0 Å². The predicted molar refractivity (Wildman–Crippen MR) is 177 cm³/mol. The van der Waals surface area contributed by atoms with Crippen molar-refractivity contribution in [3.05, 3.63) is 114 Å². The van der Waals surface area contributed by atoms with Crippen molar-refractivity contribution in [1.29, 1.82) is 0 Å². The molecule has 3 aromatic carbocycles. The lowest BCUT2D eigenvalue weighted by Gasteiger charge is -2.40. The third-order valence-corrected chi connectivity index (χ3v) is 9.40. The van der Waals surface area contributed by atoms with Crippen molar-refractivity contribution in [3.63, 3.8) is 0 Å². The molecule has 0 spiro atoms. The largest absolute Gasteiger partial charge is 0.339 e. The van der Waals surface area contributed by atoms with E-state index in [4.69, 9.17) is 23.2 Å². The maximum Gasteiger partial charge on any atom is 0.277 e. The van der Waals surface area contributed by atoms with Crippen molar-refractivity contribution in [2.75, 3.05) is 25.4 Å². The molecular formula is C31H29Cl2N7O6S. The van der Waals surface area contributed by atoms with Gasteiger partial charge in [0.25, 0.3) is 17.3 Å². The molecule has 4 aromatic rings. The Morgan fingerprint density at radius 2 is 1.64 bits per heavy atom. The average molecular weight is 699 g/mol. The molecule has 5 rings (SSSR count). The van der Waals surface area contributed by atoms with Crippen molar-refractivity contribution >= 4 is 58.2 Å². The zero-order chi connectivity index (χ0) is 33.7. The highest BCUT2D eigenvalue weighted by Gasteiger charge is 2.32. The van der Waals surface area contributed by atoms with Crippen LogP contribution in [-0.2, 0) is 11.2 Å². The molecule has 2 heterocycles. The standard InChI is InChI=1S/C31H29Cl2N7O6S/c1-20-19-36(11-12-37(20)30(42)22-15-24(39(43)44)17-25(16-22)40(45)46)29(41)8-5-13-47-31-35-34-28(14-21-6-3-2-4-7-21)38(31)23-9-10-26(32)27(33)18-23/h2-4,6-7,9-10,15-18,20H,5,8,11-14,19H2,1H3. The van der Waals surface area contributed by atoms with E-state index in [1.165, 1.54) is 16.7 Å². The van der Waals surface area contributed by atoms with Gasteiger partial charge in [0.15, 0.2) is 5.16 Å². The number of piperazine rings is 1. The van der Waals surface area contributed by atoms with E-state index in [1.54, 1.807) is 24.0 Å². The lowest BCUT2D eigenvalue weighted by molar-refractivity contribution is -0.394. The second kappa shape index (κ2) is 14.9. The SMILES string of the molecule is CC1CN(C(=O)CCCSc2nnc(Cc3ccccc3)n2-c2ccc(Cl)c(Cl)c2)CCN1C(=O)c1cc([N+](=O)[O-])cc([N+](=O)[O-])c1. The van der Waals surface area contributed by atoms with Gasteiger partial charge in [-0.3, -0.25) is 34.4 Å². The van der Waals surface area contributed by atoms with Crippen molar-refractivity contribution in [2.45, 2.75) is 37.4 Å². The van der Waals surface area contributed by atoms with E-state index in [1.807, 2.05) is 41.0 Å². The molecule has 1 aromatic heterocycles. The summed E-state index contributed by atoms with van der Waals surface area (Å²) in [6, 6.07) is 17.7. The Bertz CT molecular complexity index is 1790. The first-order chi connectivity index (χ1) is 22.5. The van der Waals surface area contributed by atoms with E-state index in [9.17, 15) is 29.8 Å². The van der Waals surface area contributed by atoms with E-state index in [2.05, 4.69) is 10.2 Å². The minimum absolute atomic E-state index is 0.0637. The quantitative estimate of drug-likeness (QED) is 0.0767. The van der Waals surface area contributed by atoms with E-state index >= 15 is 0 Å². The fourth-order valence-corrected chi connectivity index (χ4v) is 6.50. The van der Waals surface area contributed by atoms with Crippen molar-refractivity contribution in [3.8, 4) is 5.69 Å². The molecule has 47 heavy (non-hydrogen) atoms. The first kappa shape index (κ1) is 33.8. The van der Waals surface area contributed by atoms with E-state index in [0.29, 0.717) is 33.8 Å². The smallest absolute Gasteiger partial charge is 0.277 e. The maximum atomic E-state index is 13.2. The number of carbonyl (C=O) groups excluding carboxylic acids is 2. The number of rotatable bonds is 11. The topological polar surface area (TPSA) is 158 Å². The van der Waals surface area contributed by atoms with Gasteiger partial charge in [0.05, 0.1) is 37.2 Å². The second-order valence-corrected chi connectivity index (χ2v) is 12.8. The van der Waals surface area contributed by atoms with Gasteiger partial charge in [0.2, 0.25) is 5.91 Å². The van der Waals surface area contributed by atoms with Gasteiger partial charge in [-0.05, 0) is 37.1 Å². The van der Waals surface area contributed by atoms with Crippen LogP contribution in [0.2, 0.25) is 10.0 Å². The summed E-state index contributed by atoms with van der Waals surface area (Å²) in [6.07, 6.45) is 1.40. The number of non-ortho nitro benzene ring substituents is 2. The summed E-state index contributed by atoms with van der Waals surface area (Å²) in [6.45, 7) is 2.49. The highest BCUT2D eigenvalue weighted by Crippen LogP contribution is 2.30. The highest BCUT2D eigenvalue weighted by atomic mass is 35.5. The van der Waals surface area contributed by atoms with Crippen LogP contribution in [0, 0.1) is 20.2 Å². The van der Waals surface area contributed by atoms with Gasteiger partial charge in [0, 0.05) is 56.4 Å². The molecule has 0 radical (unpaired) electrons. The summed E-state index contributed by atoms with van der Waals surface area (Å²) >= 11 is 14.0. The summed E-state index contributed by atoms with van der Waals surface area (Å²) < 4.78 is 1.94. The van der Waals surface area contributed by atoms with Gasteiger partial charge in [-0.25, -0.2) is 0 Å². The Hall–Kier alpha value is -4.53. The molecule has 0 aliphatic carbocycles. The Morgan fingerprint density at radius 1 is 0.936 bits per heavy atom. The number of benzene rings is 3. The zero-order valence-corrected chi connectivity index (χ0v) is 27.5. The van der Waals surface area contributed by atoms with Gasteiger partial charge in [-0.15, -0.1) is 10.2 Å². The van der Waals surface area contributed by atoms with Crippen molar-refractivity contribution in [1.82, 2.24) is 24.6 Å². The molecular weight excluding hydrogens is 669 g/mol. The van der Waals surface area contributed by atoms with Crippen LogP contribution in [0.1, 0.15) is 41.5 Å². The van der Waals surface area contributed by atoms with Crippen LogP contribution >= 0.6 is 35.0 Å². The van der Waals surface area contributed by atoms with Gasteiger partial charge in [0.1, 0.15) is 5.82 Å². The van der Waals surface area contributed by atoms with E-state index in [-0.39, 0.29) is 37.5 Å². The van der Waals surface area contributed by atoms with Crippen molar-refractivity contribution in [2.24, 2.45) is 0 Å². The molecule has 244 valence electrons. The summed E-state index contributed by atoms with van der Waals surface area (Å²) in [4.78, 5) is 50.5. The number of carbonyl (C=O) groups is 2. The number of nitrogens with zero attached hydrogens (tertiary/aromatic N) is 7. The summed E-state index contributed by atoms with van der Waals surface area (Å²) in [5.41, 5.74) is 0.630. The average Bonchev–Trinajstić information content (AvgIpc) is 3.45. The second-order valence-electron chi connectivity index (χ2n) is 10.9. The monoisotopic (exact) mass is 697 g/mol. The molecule has 0 N–H and O–H groups in total. The van der Waals surface area contributed by atoms with Gasteiger partial charge < -0.3 is 9.80 Å². The number of amides is 2. The Labute approximate surface area is 283 Å². The third kappa shape index (κ3) is 8.07. The van der Waals surface area contributed by atoms with Gasteiger partial charge in [-0.1, -0.05) is 65.3 Å².